The number of benzene rings is 1. The van der Waals surface area contributed by atoms with E-state index in [1.807, 2.05) is 17.0 Å². The van der Waals surface area contributed by atoms with Crippen molar-refractivity contribution < 1.29 is 4.79 Å². The Balaban J connectivity index is 1.64. The van der Waals surface area contributed by atoms with E-state index >= 15 is 0 Å². The number of nitriles is 1. The van der Waals surface area contributed by atoms with Gasteiger partial charge in [-0.05, 0) is 37.5 Å². The number of anilines is 1. The van der Waals surface area contributed by atoms with Gasteiger partial charge in [0.25, 0.3) is 0 Å². The summed E-state index contributed by atoms with van der Waals surface area (Å²) in [5.41, 5.74) is 7.34. The summed E-state index contributed by atoms with van der Waals surface area (Å²) >= 11 is 7.76. The minimum absolute atomic E-state index is 0.0711. The number of nitrogens with two attached hydrogens (primary N) is 1. The number of thioether (sulfide) groups is 1. The number of amides is 1. The predicted molar refractivity (Wildman–Crippen MR) is 95.5 cm³/mol. The van der Waals surface area contributed by atoms with Crippen LogP contribution in [0.3, 0.4) is 0 Å². The molecule has 1 fully saturated rings. The second-order valence-corrected chi connectivity index (χ2v) is 6.96. The van der Waals surface area contributed by atoms with Crippen LogP contribution >= 0.6 is 23.4 Å². The molecule has 0 aliphatic carbocycles. The van der Waals surface area contributed by atoms with Crippen molar-refractivity contribution in [1.82, 2.24) is 4.90 Å². The molecule has 0 aromatic heterocycles. The predicted octanol–water partition coefficient (Wildman–Crippen LogP) is 2.65. The molecule has 0 spiro atoms. The van der Waals surface area contributed by atoms with E-state index in [4.69, 9.17) is 22.6 Å². The summed E-state index contributed by atoms with van der Waals surface area (Å²) in [6.45, 7) is 1.60. The summed E-state index contributed by atoms with van der Waals surface area (Å²) in [4.78, 5) is 13.9. The molecule has 1 heterocycles. The van der Waals surface area contributed by atoms with Gasteiger partial charge in [-0.15, -0.1) is 11.8 Å². The molecule has 5 nitrogen and oxygen atoms in total. The van der Waals surface area contributed by atoms with Crippen LogP contribution in [-0.2, 0) is 4.79 Å². The summed E-state index contributed by atoms with van der Waals surface area (Å²) in [6.07, 6.45) is 2.52. The number of hydrogen-bond donors (Lipinski definition) is 2. The Morgan fingerprint density at radius 1 is 1.52 bits per heavy atom. The van der Waals surface area contributed by atoms with Crippen molar-refractivity contribution in [3.63, 3.8) is 0 Å². The summed E-state index contributed by atoms with van der Waals surface area (Å²) in [5.74, 6) is 1.85. The molecule has 1 unspecified atom stereocenters. The molecular weight excluding hydrogens is 332 g/mol. The monoisotopic (exact) mass is 352 g/mol. The maximum atomic E-state index is 12.1. The van der Waals surface area contributed by atoms with Crippen LogP contribution in [0.1, 0.15) is 24.8 Å². The number of hydrogen-bond acceptors (Lipinski definition) is 5. The minimum Gasteiger partial charge on any atom is -0.385 e. The maximum absolute atomic E-state index is 12.1. The fourth-order valence-corrected chi connectivity index (χ4v) is 3.56. The molecule has 0 saturated carbocycles. The summed E-state index contributed by atoms with van der Waals surface area (Å²) in [7, 11) is 0. The molecule has 7 heteroatoms. The van der Waals surface area contributed by atoms with Gasteiger partial charge in [-0.1, -0.05) is 11.6 Å². The van der Waals surface area contributed by atoms with Crippen LogP contribution in [0.25, 0.3) is 0 Å². The molecule has 0 radical (unpaired) electrons. The first-order chi connectivity index (χ1) is 11.1. The van der Waals surface area contributed by atoms with Crippen molar-refractivity contribution in [1.29, 1.82) is 5.26 Å². The topological polar surface area (TPSA) is 82.1 Å². The summed E-state index contributed by atoms with van der Waals surface area (Å²) < 4.78 is 0. The highest BCUT2D eigenvalue weighted by Crippen LogP contribution is 2.20. The van der Waals surface area contributed by atoms with E-state index in [-0.39, 0.29) is 5.91 Å². The Labute approximate surface area is 146 Å². The molecular formula is C16H21ClN4OS. The molecule has 1 aliphatic rings. The van der Waals surface area contributed by atoms with E-state index < -0.39 is 6.04 Å². The van der Waals surface area contributed by atoms with Crippen LogP contribution in [0.4, 0.5) is 5.69 Å². The average Bonchev–Trinajstić information content (AvgIpc) is 3.08. The Morgan fingerprint density at radius 3 is 3.00 bits per heavy atom. The Morgan fingerprint density at radius 2 is 2.35 bits per heavy atom. The number of rotatable bonds is 7. The van der Waals surface area contributed by atoms with Gasteiger partial charge in [0.1, 0.15) is 6.07 Å². The van der Waals surface area contributed by atoms with Gasteiger partial charge in [0.2, 0.25) is 5.91 Å². The van der Waals surface area contributed by atoms with E-state index in [1.54, 1.807) is 23.9 Å². The highest BCUT2D eigenvalue weighted by molar-refractivity contribution is 7.99. The van der Waals surface area contributed by atoms with Crippen molar-refractivity contribution in [2.45, 2.75) is 25.3 Å². The highest BCUT2D eigenvalue weighted by Gasteiger charge is 2.23. The van der Waals surface area contributed by atoms with Crippen LogP contribution < -0.4 is 11.1 Å². The van der Waals surface area contributed by atoms with Crippen LogP contribution in [-0.4, -0.2) is 41.6 Å². The van der Waals surface area contributed by atoms with Gasteiger partial charge in [-0.25, -0.2) is 0 Å². The number of nitrogens with zero attached hydrogens (tertiary/aromatic N) is 2. The van der Waals surface area contributed by atoms with Crippen LogP contribution in [0.5, 0.6) is 0 Å². The van der Waals surface area contributed by atoms with Gasteiger partial charge in [0.05, 0.1) is 22.5 Å². The SMILES string of the molecule is N#Cc1ccc(NCCCCC(N)C(=O)N2CCSC2)cc1Cl. The molecule has 1 aliphatic heterocycles. The lowest BCUT2D eigenvalue weighted by atomic mass is 10.1. The minimum atomic E-state index is -0.391. The zero-order chi connectivity index (χ0) is 16.7. The lowest BCUT2D eigenvalue weighted by Gasteiger charge is -2.19. The molecule has 1 atom stereocenters. The molecule has 0 bridgehead atoms. The second-order valence-electron chi connectivity index (χ2n) is 5.47. The first kappa shape index (κ1) is 17.9. The maximum Gasteiger partial charge on any atom is 0.240 e. The first-order valence-electron chi connectivity index (χ1n) is 7.67. The molecule has 2 rings (SSSR count). The zero-order valence-corrected chi connectivity index (χ0v) is 14.5. The first-order valence-corrected chi connectivity index (χ1v) is 9.20. The third-order valence-corrected chi connectivity index (χ3v) is 5.02. The van der Waals surface area contributed by atoms with Gasteiger partial charge < -0.3 is 16.0 Å². The zero-order valence-electron chi connectivity index (χ0n) is 12.9. The third-order valence-electron chi connectivity index (χ3n) is 3.74. The molecule has 124 valence electrons. The van der Waals surface area contributed by atoms with E-state index in [9.17, 15) is 4.79 Å². The standard InChI is InChI=1S/C16H21ClN4OS/c17-14-9-13(5-4-12(14)10-18)20-6-2-1-3-15(19)16(22)21-7-8-23-11-21/h4-5,9,15,20H,1-3,6-8,11,19H2. The molecule has 23 heavy (non-hydrogen) atoms. The van der Waals surface area contributed by atoms with Gasteiger partial charge in [-0.3, -0.25) is 4.79 Å². The Bertz CT molecular complexity index is 584. The molecule has 1 saturated heterocycles. The quantitative estimate of drug-likeness (QED) is 0.737. The largest absolute Gasteiger partial charge is 0.385 e. The van der Waals surface area contributed by atoms with Crippen LogP contribution in [0.15, 0.2) is 18.2 Å². The van der Waals surface area contributed by atoms with Crippen molar-refractivity contribution in [2.75, 3.05) is 30.0 Å². The smallest absolute Gasteiger partial charge is 0.240 e. The molecule has 3 N–H and O–H groups in total. The number of nitrogens with one attached hydrogen (secondary N) is 1. The lowest BCUT2D eigenvalue weighted by molar-refractivity contribution is -0.131. The van der Waals surface area contributed by atoms with E-state index in [0.29, 0.717) is 17.0 Å². The fraction of sp³-hybridized carbons (Fsp3) is 0.500. The number of carbonyl (C=O) groups is 1. The number of carbonyl (C=O) groups excluding carboxylic acids is 1. The molecule has 1 amide bonds. The van der Waals surface area contributed by atoms with Crippen molar-refractivity contribution in [3.05, 3.63) is 28.8 Å². The molecule has 1 aromatic rings. The van der Waals surface area contributed by atoms with Gasteiger partial charge in [-0.2, -0.15) is 5.26 Å². The van der Waals surface area contributed by atoms with Gasteiger partial charge in [0, 0.05) is 24.5 Å². The third kappa shape index (κ3) is 5.31. The van der Waals surface area contributed by atoms with E-state index in [2.05, 4.69) is 5.32 Å². The van der Waals surface area contributed by atoms with Gasteiger partial charge >= 0.3 is 0 Å². The van der Waals surface area contributed by atoms with Crippen molar-refractivity contribution in [3.8, 4) is 6.07 Å². The Kier molecular flexibility index (Phi) is 7.03. The Hall–Kier alpha value is -1.42. The highest BCUT2D eigenvalue weighted by atomic mass is 35.5. The van der Waals surface area contributed by atoms with E-state index in [0.717, 1.165) is 43.2 Å². The lowest BCUT2D eigenvalue weighted by Crippen LogP contribution is -2.42. The number of halogens is 1. The van der Waals surface area contributed by atoms with E-state index in [1.165, 1.54) is 0 Å². The van der Waals surface area contributed by atoms with Crippen molar-refractivity contribution >= 4 is 35.0 Å². The molecule has 1 aromatic carbocycles. The van der Waals surface area contributed by atoms with Gasteiger partial charge in [0.15, 0.2) is 0 Å². The van der Waals surface area contributed by atoms with Crippen molar-refractivity contribution in [2.24, 2.45) is 5.73 Å². The second kappa shape index (κ2) is 9.02. The summed E-state index contributed by atoms with van der Waals surface area (Å²) in [6, 6.07) is 6.93. The van der Waals surface area contributed by atoms with Crippen LogP contribution in [0, 0.1) is 11.3 Å². The fourth-order valence-electron chi connectivity index (χ4n) is 2.38. The summed E-state index contributed by atoms with van der Waals surface area (Å²) in [5, 5.41) is 12.5. The van der Waals surface area contributed by atoms with Crippen LogP contribution in [0.2, 0.25) is 5.02 Å². The average molecular weight is 353 g/mol. The number of unbranched alkanes of at least 4 members (excludes halogenated alkanes) is 1. The normalized spacial score (nSPS) is 15.3.